The number of aliphatic hydroxyl groups excluding tert-OH is 1. The first-order chi connectivity index (χ1) is 56.7. The van der Waals surface area contributed by atoms with Gasteiger partial charge in [0.2, 0.25) is 0 Å². The molecule has 0 radical (unpaired) electrons. The Morgan fingerprint density at radius 3 is 0.509 bits per heavy atom. The average Bonchev–Trinajstić information content (AvgIpc) is 0.896. The van der Waals surface area contributed by atoms with Gasteiger partial charge in [0.1, 0.15) is 19.3 Å². The zero-order valence-corrected chi connectivity index (χ0v) is 78.3. The molecule has 5 atom stereocenters. The van der Waals surface area contributed by atoms with E-state index in [9.17, 15) is 43.2 Å². The summed E-state index contributed by atoms with van der Waals surface area (Å²) in [4.78, 5) is 73.6. The Hall–Kier alpha value is -1.94. The summed E-state index contributed by atoms with van der Waals surface area (Å²) in [6.45, 7) is 5.11. The van der Waals surface area contributed by atoms with Crippen LogP contribution in [-0.4, -0.2) is 96.7 Å². The van der Waals surface area contributed by atoms with Gasteiger partial charge in [0.15, 0.2) is 12.2 Å². The number of rotatable bonds is 98. The molecule has 0 aliphatic heterocycles. The van der Waals surface area contributed by atoms with Gasteiger partial charge in [-0.1, -0.05) is 490 Å². The lowest BCUT2D eigenvalue weighted by atomic mass is 10.0. The highest BCUT2D eigenvalue weighted by Crippen LogP contribution is 2.45. The molecule has 19 heteroatoms. The molecule has 0 aromatic carbocycles. The van der Waals surface area contributed by atoms with Crippen LogP contribution in [0, 0.1) is 0 Å². The summed E-state index contributed by atoms with van der Waals surface area (Å²) in [5.74, 6) is -2.09. The summed E-state index contributed by atoms with van der Waals surface area (Å²) in [7, 11) is -9.94. The van der Waals surface area contributed by atoms with Gasteiger partial charge in [0.25, 0.3) is 0 Å². The van der Waals surface area contributed by atoms with Crippen molar-refractivity contribution in [1.82, 2.24) is 0 Å². The lowest BCUT2D eigenvalue weighted by Crippen LogP contribution is -2.30. The van der Waals surface area contributed by atoms with E-state index in [1.807, 2.05) is 0 Å². The second kappa shape index (κ2) is 90.8. The second-order valence-corrected chi connectivity index (χ2v) is 37.7. The molecule has 0 saturated heterocycles. The van der Waals surface area contributed by atoms with E-state index in [4.69, 9.17) is 37.0 Å². The average molecular weight is 1690 g/mol. The standard InChI is InChI=1S/C97H190O17P2/c1-5-9-13-17-21-25-29-32-35-38-41-44-47-49-52-55-58-62-66-70-74-78-82-95(100)108-88-93(114-97(102)84-80-76-72-68-64-60-57-54-51-48-45-42-39-36-33-30-26-22-18-14-10-6-2)90-112-116(105,106)110-86-91(98)85-109-115(103,104)111-89-92(87-107-94(99)81-77-73-69-65-61-28-24-20-16-12-8-4)113-96(101)83-79-75-71-67-63-59-56-53-50-46-43-40-37-34-31-27-23-19-15-11-7-3/h91-93,98H,5-90H2,1-4H3,(H,103,104)(H,105,106)/t91-,92+,93+/m0/s1. The molecule has 0 amide bonds. The summed E-state index contributed by atoms with van der Waals surface area (Å²) in [6.07, 6.45) is 90.7. The molecule has 0 aliphatic carbocycles. The predicted octanol–water partition coefficient (Wildman–Crippen LogP) is 30.8. The monoisotopic (exact) mass is 1690 g/mol. The number of phosphoric ester groups is 2. The highest BCUT2D eigenvalue weighted by Gasteiger charge is 2.31. The van der Waals surface area contributed by atoms with Gasteiger partial charge < -0.3 is 33.8 Å². The fourth-order valence-electron chi connectivity index (χ4n) is 15.5. The van der Waals surface area contributed by atoms with Crippen molar-refractivity contribution in [2.24, 2.45) is 0 Å². The van der Waals surface area contributed by atoms with Crippen LogP contribution in [0.1, 0.15) is 541 Å². The summed E-state index contributed by atoms with van der Waals surface area (Å²) >= 11 is 0. The number of hydrogen-bond acceptors (Lipinski definition) is 15. The van der Waals surface area contributed by atoms with Crippen molar-refractivity contribution >= 4 is 39.5 Å². The summed E-state index contributed by atoms with van der Waals surface area (Å²) < 4.78 is 69.2. The van der Waals surface area contributed by atoms with E-state index in [1.54, 1.807) is 0 Å². The highest BCUT2D eigenvalue weighted by molar-refractivity contribution is 7.47. The normalized spacial score (nSPS) is 13.5. The van der Waals surface area contributed by atoms with Crippen molar-refractivity contribution in [3.05, 3.63) is 0 Å². The maximum absolute atomic E-state index is 13.2. The Labute approximate surface area is 715 Å². The van der Waals surface area contributed by atoms with Crippen LogP contribution in [0.4, 0.5) is 0 Å². The fraction of sp³-hybridized carbons (Fsp3) is 0.959. The molecule has 17 nitrogen and oxygen atoms in total. The third-order valence-electron chi connectivity index (χ3n) is 23.1. The molecule has 2 unspecified atom stereocenters. The molecule has 0 saturated carbocycles. The van der Waals surface area contributed by atoms with Gasteiger partial charge in [-0.25, -0.2) is 9.13 Å². The summed E-state index contributed by atoms with van der Waals surface area (Å²) in [5.41, 5.74) is 0. The molecular weight excluding hydrogens is 1500 g/mol. The Morgan fingerprint density at radius 2 is 0.345 bits per heavy atom. The van der Waals surface area contributed by atoms with Crippen molar-refractivity contribution in [2.45, 2.75) is 560 Å². The van der Waals surface area contributed by atoms with Gasteiger partial charge >= 0.3 is 39.5 Å². The molecular formula is C97H190O17P2. The highest BCUT2D eigenvalue weighted by atomic mass is 31.2. The molecule has 0 fully saturated rings. The van der Waals surface area contributed by atoms with E-state index in [0.717, 1.165) is 89.9 Å². The summed E-state index contributed by atoms with van der Waals surface area (Å²) in [5, 5.41) is 10.7. The van der Waals surface area contributed by atoms with Crippen LogP contribution in [0.25, 0.3) is 0 Å². The van der Waals surface area contributed by atoms with Crippen molar-refractivity contribution in [2.75, 3.05) is 39.6 Å². The van der Waals surface area contributed by atoms with Crippen LogP contribution in [0.15, 0.2) is 0 Å². The molecule has 0 aromatic heterocycles. The number of aliphatic hydroxyl groups is 1. The fourth-order valence-corrected chi connectivity index (χ4v) is 17.0. The lowest BCUT2D eigenvalue weighted by molar-refractivity contribution is -0.161. The number of phosphoric acid groups is 2. The van der Waals surface area contributed by atoms with Crippen LogP contribution in [0.2, 0.25) is 0 Å². The molecule has 0 aliphatic rings. The Kier molecular flexibility index (Phi) is 89.3. The third-order valence-corrected chi connectivity index (χ3v) is 25.0. The molecule has 0 aromatic rings. The number of esters is 4. The van der Waals surface area contributed by atoms with E-state index < -0.39 is 97.5 Å². The lowest BCUT2D eigenvalue weighted by Gasteiger charge is -2.21. The minimum atomic E-state index is -4.97. The Balaban J connectivity index is 5.21. The van der Waals surface area contributed by atoms with Crippen molar-refractivity contribution in [3.8, 4) is 0 Å². The van der Waals surface area contributed by atoms with Crippen molar-refractivity contribution < 1.29 is 80.2 Å². The first-order valence-electron chi connectivity index (χ1n) is 50.3. The maximum Gasteiger partial charge on any atom is 0.472 e. The van der Waals surface area contributed by atoms with E-state index >= 15 is 0 Å². The van der Waals surface area contributed by atoms with Gasteiger partial charge in [-0.05, 0) is 25.7 Å². The minimum Gasteiger partial charge on any atom is -0.462 e. The molecule has 116 heavy (non-hydrogen) atoms. The quantitative estimate of drug-likeness (QED) is 0.0222. The summed E-state index contributed by atoms with van der Waals surface area (Å²) in [6, 6.07) is 0. The second-order valence-electron chi connectivity index (χ2n) is 34.8. The van der Waals surface area contributed by atoms with Crippen molar-refractivity contribution in [1.29, 1.82) is 0 Å². The molecule has 0 bridgehead atoms. The minimum absolute atomic E-state index is 0.110. The van der Waals surface area contributed by atoms with Crippen LogP contribution >= 0.6 is 15.6 Å². The van der Waals surface area contributed by atoms with Gasteiger partial charge in [-0.2, -0.15) is 0 Å². The van der Waals surface area contributed by atoms with Crippen molar-refractivity contribution in [3.63, 3.8) is 0 Å². The molecule has 0 heterocycles. The van der Waals surface area contributed by atoms with E-state index in [0.29, 0.717) is 25.7 Å². The Bertz CT molecular complexity index is 2170. The van der Waals surface area contributed by atoms with E-state index in [1.165, 1.54) is 372 Å². The van der Waals surface area contributed by atoms with E-state index in [-0.39, 0.29) is 25.7 Å². The van der Waals surface area contributed by atoms with Gasteiger partial charge in [0, 0.05) is 25.7 Å². The molecule has 0 spiro atoms. The predicted molar refractivity (Wildman–Crippen MR) is 483 cm³/mol. The molecule has 0 rings (SSSR count). The van der Waals surface area contributed by atoms with Gasteiger partial charge in [0.05, 0.1) is 26.4 Å². The van der Waals surface area contributed by atoms with Crippen LogP contribution in [-0.2, 0) is 65.4 Å². The number of carbonyl (C=O) groups is 4. The zero-order valence-electron chi connectivity index (χ0n) is 76.5. The molecule has 690 valence electrons. The number of ether oxygens (including phenoxy) is 4. The van der Waals surface area contributed by atoms with Gasteiger partial charge in [-0.15, -0.1) is 0 Å². The largest absolute Gasteiger partial charge is 0.472 e. The van der Waals surface area contributed by atoms with E-state index in [2.05, 4.69) is 27.7 Å². The topological polar surface area (TPSA) is 237 Å². The number of unbranched alkanes of at least 4 members (excludes halogenated alkanes) is 72. The smallest absolute Gasteiger partial charge is 0.462 e. The maximum atomic E-state index is 13.2. The van der Waals surface area contributed by atoms with Gasteiger partial charge in [-0.3, -0.25) is 37.3 Å². The first kappa shape index (κ1) is 114. The SMILES string of the molecule is CCCCCCCCCCCCCCCCCCCCCCCCC(=O)OC[C@H](COP(=O)(O)OC[C@@H](O)COP(=O)(O)OC[C@@H](COC(=O)CCCCCCCCCCCCC)OC(=O)CCCCCCCCCCCCCCCCCCCCCCC)OC(=O)CCCCCCCCCCCCCCCCCCCCCCCC. The third kappa shape index (κ3) is 89.8. The zero-order chi connectivity index (χ0) is 84.5. The van der Waals surface area contributed by atoms with Crippen LogP contribution in [0.3, 0.4) is 0 Å². The first-order valence-corrected chi connectivity index (χ1v) is 53.3. The van der Waals surface area contributed by atoms with Crippen LogP contribution < -0.4 is 0 Å². The number of carbonyl (C=O) groups excluding carboxylic acids is 4. The number of hydrogen-bond donors (Lipinski definition) is 3. The van der Waals surface area contributed by atoms with Crippen LogP contribution in [0.5, 0.6) is 0 Å². The Morgan fingerprint density at radius 1 is 0.207 bits per heavy atom. The molecule has 3 N–H and O–H groups in total.